The van der Waals surface area contributed by atoms with Gasteiger partial charge in [-0.1, -0.05) is 50.2 Å². The van der Waals surface area contributed by atoms with Crippen LogP contribution >= 0.6 is 0 Å². The van der Waals surface area contributed by atoms with Crippen molar-refractivity contribution in [3.63, 3.8) is 0 Å². The van der Waals surface area contributed by atoms with E-state index in [0.29, 0.717) is 31.2 Å². The van der Waals surface area contributed by atoms with Gasteiger partial charge >= 0.3 is 5.97 Å². The smallest absolute Gasteiger partial charge is 0.305 e. The van der Waals surface area contributed by atoms with Crippen LogP contribution in [-0.2, 0) is 19.2 Å². The van der Waals surface area contributed by atoms with E-state index in [1.54, 1.807) is 0 Å². The third kappa shape index (κ3) is 5.85. The van der Waals surface area contributed by atoms with Crippen molar-refractivity contribution in [1.82, 2.24) is 15.5 Å². The number of carbonyl (C=O) groups excluding carboxylic acids is 4. The van der Waals surface area contributed by atoms with Crippen molar-refractivity contribution in [3.8, 4) is 0 Å². The summed E-state index contributed by atoms with van der Waals surface area (Å²) in [6.45, 7) is 5.81. The molecule has 9 heteroatoms. The molecule has 3 amide bonds. The second-order valence-corrected chi connectivity index (χ2v) is 9.21. The van der Waals surface area contributed by atoms with E-state index in [4.69, 9.17) is 5.11 Å². The van der Waals surface area contributed by atoms with Gasteiger partial charge in [-0.25, -0.2) is 0 Å². The van der Waals surface area contributed by atoms with Gasteiger partial charge < -0.3 is 25.4 Å². The molecule has 2 unspecified atom stereocenters. The third-order valence-corrected chi connectivity index (χ3v) is 6.31. The van der Waals surface area contributed by atoms with E-state index in [0.717, 1.165) is 16.3 Å². The van der Waals surface area contributed by atoms with Crippen molar-refractivity contribution < 1.29 is 29.1 Å². The fourth-order valence-electron chi connectivity index (χ4n) is 4.49. The summed E-state index contributed by atoms with van der Waals surface area (Å²) in [7, 11) is 0. The fraction of sp³-hybridized carbons (Fsp3) is 0.423. The van der Waals surface area contributed by atoms with Gasteiger partial charge in [0, 0.05) is 6.54 Å². The molecule has 1 aliphatic rings. The average molecular weight is 482 g/mol. The van der Waals surface area contributed by atoms with Crippen LogP contribution in [-0.4, -0.2) is 64.7 Å². The highest BCUT2D eigenvalue weighted by molar-refractivity contribution is 6.09. The Hall–Kier alpha value is -3.75. The van der Waals surface area contributed by atoms with Crippen molar-refractivity contribution in [3.05, 3.63) is 47.5 Å². The first-order chi connectivity index (χ1) is 16.6. The van der Waals surface area contributed by atoms with Crippen molar-refractivity contribution in [2.45, 2.75) is 58.2 Å². The molecule has 3 N–H and O–H groups in total. The Balaban J connectivity index is 1.80. The highest BCUT2D eigenvalue weighted by Gasteiger charge is 2.39. The first kappa shape index (κ1) is 25.9. The maximum atomic E-state index is 13.5. The Morgan fingerprint density at radius 3 is 2.49 bits per heavy atom. The summed E-state index contributed by atoms with van der Waals surface area (Å²) in [5.41, 5.74) is 1.28. The van der Waals surface area contributed by atoms with E-state index in [2.05, 4.69) is 10.6 Å². The highest BCUT2D eigenvalue weighted by Crippen LogP contribution is 2.24. The molecule has 1 saturated heterocycles. The number of nitrogens with zero attached hydrogens (tertiary/aromatic N) is 1. The van der Waals surface area contributed by atoms with E-state index in [1.807, 2.05) is 57.2 Å². The van der Waals surface area contributed by atoms with Crippen LogP contribution in [0.2, 0.25) is 0 Å². The van der Waals surface area contributed by atoms with Gasteiger partial charge in [0.1, 0.15) is 18.4 Å². The molecule has 2 aromatic carbocycles. The predicted molar refractivity (Wildman–Crippen MR) is 130 cm³/mol. The number of carboxylic acids is 1. The summed E-state index contributed by atoms with van der Waals surface area (Å²) >= 11 is 0. The van der Waals surface area contributed by atoms with Gasteiger partial charge in [-0.15, -0.1) is 0 Å². The third-order valence-electron chi connectivity index (χ3n) is 6.31. The molecule has 0 bridgehead atoms. The predicted octanol–water partition coefficient (Wildman–Crippen LogP) is 2.05. The number of hydrogen-bond acceptors (Lipinski definition) is 5. The molecule has 1 heterocycles. The van der Waals surface area contributed by atoms with Gasteiger partial charge in [-0.2, -0.15) is 0 Å². The molecule has 9 nitrogen and oxygen atoms in total. The van der Waals surface area contributed by atoms with Gasteiger partial charge in [-0.3, -0.25) is 19.2 Å². The van der Waals surface area contributed by atoms with E-state index in [1.165, 1.54) is 4.90 Å². The Morgan fingerprint density at radius 1 is 1.11 bits per heavy atom. The van der Waals surface area contributed by atoms with Crippen LogP contribution in [0.1, 0.15) is 49.0 Å². The van der Waals surface area contributed by atoms with E-state index >= 15 is 0 Å². The van der Waals surface area contributed by atoms with Crippen LogP contribution in [0.15, 0.2) is 36.4 Å². The van der Waals surface area contributed by atoms with E-state index < -0.39 is 36.4 Å². The summed E-state index contributed by atoms with van der Waals surface area (Å²) in [6, 6.07) is 8.46. The van der Waals surface area contributed by atoms with Crippen LogP contribution in [0.4, 0.5) is 0 Å². The normalized spacial score (nSPS) is 17.1. The number of aldehydes is 1. The Morgan fingerprint density at radius 2 is 1.83 bits per heavy atom. The van der Waals surface area contributed by atoms with E-state index in [9.17, 15) is 24.0 Å². The topological polar surface area (TPSA) is 133 Å². The van der Waals surface area contributed by atoms with Crippen LogP contribution in [0.25, 0.3) is 10.8 Å². The summed E-state index contributed by atoms with van der Waals surface area (Å²) in [5.74, 6) is -2.79. The first-order valence-electron chi connectivity index (χ1n) is 11.7. The molecule has 3 rings (SSSR count). The zero-order valence-corrected chi connectivity index (χ0v) is 20.1. The largest absolute Gasteiger partial charge is 0.481 e. The number of carbonyl (C=O) groups is 5. The molecule has 1 aliphatic heterocycles. The molecule has 1 fully saturated rings. The number of carboxylic acid groups (broad SMARTS) is 1. The van der Waals surface area contributed by atoms with Crippen molar-refractivity contribution in [2.24, 2.45) is 5.92 Å². The SMILES string of the molecule is Cc1ccc2ccccc2c1C(=O)N[C@H](C(=O)N1CCCC1C(=O)NC(C=O)CC(=O)O)C(C)C. The minimum atomic E-state index is -1.21. The van der Waals surface area contributed by atoms with Crippen LogP contribution < -0.4 is 10.6 Å². The van der Waals surface area contributed by atoms with Crippen LogP contribution in [0, 0.1) is 12.8 Å². The lowest BCUT2D eigenvalue weighted by molar-refractivity contribution is -0.142. The number of nitrogens with one attached hydrogen (secondary N) is 2. The molecule has 186 valence electrons. The van der Waals surface area contributed by atoms with E-state index in [-0.39, 0.29) is 17.7 Å². The second kappa shape index (κ2) is 11.1. The number of rotatable bonds is 9. The number of benzene rings is 2. The summed E-state index contributed by atoms with van der Waals surface area (Å²) < 4.78 is 0. The molecule has 0 aliphatic carbocycles. The van der Waals surface area contributed by atoms with Gasteiger partial charge in [0.05, 0.1) is 18.0 Å². The minimum Gasteiger partial charge on any atom is -0.481 e. The van der Waals surface area contributed by atoms with Crippen molar-refractivity contribution >= 4 is 40.7 Å². The number of aliphatic carboxylic acids is 1. The number of likely N-dealkylation sites (tertiary alicyclic amines) is 1. The maximum Gasteiger partial charge on any atom is 0.305 e. The summed E-state index contributed by atoms with van der Waals surface area (Å²) in [5, 5.41) is 15.9. The summed E-state index contributed by atoms with van der Waals surface area (Å²) in [6.07, 6.45) is 0.800. The zero-order valence-electron chi connectivity index (χ0n) is 20.1. The zero-order chi connectivity index (χ0) is 25.7. The Kier molecular flexibility index (Phi) is 8.22. The molecule has 0 radical (unpaired) electrons. The Bertz CT molecular complexity index is 1150. The molecule has 0 aromatic heterocycles. The maximum absolute atomic E-state index is 13.5. The molecule has 3 atom stereocenters. The van der Waals surface area contributed by atoms with Crippen LogP contribution in [0.5, 0.6) is 0 Å². The number of hydrogen-bond donors (Lipinski definition) is 3. The van der Waals surface area contributed by atoms with Crippen molar-refractivity contribution in [2.75, 3.05) is 6.54 Å². The lowest BCUT2D eigenvalue weighted by Gasteiger charge is -2.31. The molecule has 0 spiro atoms. The number of aryl methyl sites for hydroxylation is 1. The summed E-state index contributed by atoms with van der Waals surface area (Å²) in [4.78, 5) is 63.2. The molecular formula is C26H31N3O6. The van der Waals surface area contributed by atoms with Crippen molar-refractivity contribution in [1.29, 1.82) is 0 Å². The highest BCUT2D eigenvalue weighted by atomic mass is 16.4. The standard InChI is InChI=1S/C26H31N3O6/c1-15(2)23(28-25(34)22-16(3)10-11-17-7-4-5-8-19(17)22)26(35)29-12-6-9-20(29)24(33)27-18(14-30)13-21(31)32/h4-5,7-8,10-11,14-15,18,20,23H,6,9,12-13H2,1-3H3,(H,27,33)(H,28,34)(H,31,32)/t18?,20?,23-/m0/s1. The number of amides is 3. The first-order valence-corrected chi connectivity index (χ1v) is 11.7. The monoisotopic (exact) mass is 481 g/mol. The minimum absolute atomic E-state index is 0.249. The van der Waals surface area contributed by atoms with Gasteiger partial charge in [0.2, 0.25) is 11.8 Å². The second-order valence-electron chi connectivity index (χ2n) is 9.21. The molecule has 0 saturated carbocycles. The average Bonchev–Trinajstić information content (AvgIpc) is 3.31. The van der Waals surface area contributed by atoms with Crippen LogP contribution in [0.3, 0.4) is 0 Å². The number of fused-ring (bicyclic) bond motifs is 1. The van der Waals surface area contributed by atoms with Gasteiger partial charge in [-0.05, 0) is 42.0 Å². The fourth-order valence-corrected chi connectivity index (χ4v) is 4.49. The molecular weight excluding hydrogens is 450 g/mol. The lowest BCUT2D eigenvalue weighted by atomic mass is 9.97. The molecule has 2 aromatic rings. The van der Waals surface area contributed by atoms with Gasteiger partial charge in [0.25, 0.3) is 5.91 Å². The molecule has 35 heavy (non-hydrogen) atoms. The quantitative estimate of drug-likeness (QED) is 0.470. The lowest BCUT2D eigenvalue weighted by Crippen LogP contribution is -2.56. The Labute approximate surface area is 203 Å². The van der Waals surface area contributed by atoms with Gasteiger partial charge in [0.15, 0.2) is 0 Å².